The van der Waals surface area contributed by atoms with E-state index in [1.54, 1.807) is 31.6 Å². The molecule has 24 heavy (non-hydrogen) atoms. The Morgan fingerprint density at radius 1 is 1.21 bits per heavy atom. The smallest absolute Gasteiger partial charge is 0.126 e. The summed E-state index contributed by atoms with van der Waals surface area (Å²) >= 11 is 5.91. The Hall–Kier alpha value is -2.24. The lowest BCUT2D eigenvalue weighted by molar-refractivity contribution is 0.111. The first-order valence-electron chi connectivity index (χ1n) is 7.71. The first kappa shape index (κ1) is 16.6. The first-order chi connectivity index (χ1) is 11.6. The van der Waals surface area contributed by atoms with Gasteiger partial charge in [0.1, 0.15) is 11.4 Å². The number of methoxy groups -OCH3 is 1. The number of pyridine rings is 1. The molecular formula is C18H18ClN3O2. The third-order valence-corrected chi connectivity index (χ3v) is 4.30. The fourth-order valence-electron chi connectivity index (χ4n) is 2.60. The number of hydrogen-bond donors (Lipinski definition) is 1. The number of halogens is 1. The minimum Gasteiger partial charge on any atom is -0.507 e. The molecule has 0 amide bonds. The molecule has 6 heteroatoms. The fraction of sp³-hybridized carbons (Fsp3) is 0.278. The molecule has 0 aliphatic heterocycles. The molecule has 124 valence electrons. The van der Waals surface area contributed by atoms with E-state index in [2.05, 4.69) is 15.2 Å². The van der Waals surface area contributed by atoms with Crippen molar-refractivity contribution in [1.29, 1.82) is 0 Å². The van der Waals surface area contributed by atoms with Gasteiger partial charge in [-0.2, -0.15) is 5.10 Å². The molecule has 2 heterocycles. The second kappa shape index (κ2) is 7.11. The average molecular weight is 344 g/mol. The second-order valence-corrected chi connectivity index (χ2v) is 6.10. The number of fused-ring (bicyclic) bond motifs is 1. The van der Waals surface area contributed by atoms with Crippen LogP contribution in [0.1, 0.15) is 19.0 Å². The van der Waals surface area contributed by atoms with Crippen molar-refractivity contribution in [3.63, 3.8) is 0 Å². The normalized spacial score (nSPS) is 12.5. The maximum absolute atomic E-state index is 10.2. The van der Waals surface area contributed by atoms with Gasteiger partial charge < -0.3 is 9.84 Å². The summed E-state index contributed by atoms with van der Waals surface area (Å²) in [5.41, 5.74) is 2.09. The Morgan fingerprint density at radius 2 is 2.04 bits per heavy atom. The molecule has 0 radical (unpaired) electrons. The van der Waals surface area contributed by atoms with Crippen LogP contribution >= 0.6 is 11.6 Å². The van der Waals surface area contributed by atoms with Crippen LogP contribution < -0.4 is 0 Å². The van der Waals surface area contributed by atoms with Crippen molar-refractivity contribution < 1.29 is 9.84 Å². The standard InChI is InChI=1S/C18H18ClN3O2/c1-11(24-2)3-6-16-15-10-20-8-7-13(15)18(22-21-16)14-5-4-12(19)9-17(14)23/h4-5,7-11,23H,3,6H2,1-2H3/t11-/m0/s1. The van der Waals surface area contributed by atoms with E-state index in [9.17, 15) is 5.11 Å². The number of aryl methyl sites for hydroxylation is 1. The summed E-state index contributed by atoms with van der Waals surface area (Å²) in [6.45, 7) is 2.02. The summed E-state index contributed by atoms with van der Waals surface area (Å²) in [6, 6.07) is 6.85. The number of ether oxygens (including phenoxy) is 1. The van der Waals surface area contributed by atoms with E-state index in [0.29, 0.717) is 16.3 Å². The first-order valence-corrected chi connectivity index (χ1v) is 8.09. The highest BCUT2D eigenvalue weighted by molar-refractivity contribution is 6.30. The Balaban J connectivity index is 2.08. The number of phenolic OH excluding ortho intramolecular Hbond substituents is 1. The molecule has 0 spiro atoms. The van der Waals surface area contributed by atoms with Crippen LogP contribution in [-0.2, 0) is 11.2 Å². The molecule has 0 unspecified atom stereocenters. The van der Waals surface area contributed by atoms with E-state index in [4.69, 9.17) is 16.3 Å². The van der Waals surface area contributed by atoms with Gasteiger partial charge in [-0.15, -0.1) is 5.10 Å². The van der Waals surface area contributed by atoms with Gasteiger partial charge in [0.15, 0.2) is 0 Å². The van der Waals surface area contributed by atoms with Gasteiger partial charge in [-0.1, -0.05) is 11.6 Å². The lowest BCUT2D eigenvalue weighted by atomic mass is 10.0. The highest BCUT2D eigenvalue weighted by atomic mass is 35.5. The maximum atomic E-state index is 10.2. The van der Waals surface area contributed by atoms with E-state index in [1.807, 2.05) is 13.0 Å². The molecule has 3 rings (SSSR count). The highest BCUT2D eigenvalue weighted by Crippen LogP contribution is 2.34. The minimum absolute atomic E-state index is 0.0793. The highest BCUT2D eigenvalue weighted by Gasteiger charge is 2.15. The predicted octanol–water partition coefficient (Wildman–Crippen LogP) is 4.02. The molecule has 5 nitrogen and oxygen atoms in total. The lowest BCUT2D eigenvalue weighted by Gasteiger charge is -2.12. The van der Waals surface area contributed by atoms with Crippen LogP contribution in [-0.4, -0.2) is 33.5 Å². The van der Waals surface area contributed by atoms with Crippen LogP contribution in [0.25, 0.3) is 22.0 Å². The van der Waals surface area contributed by atoms with Crippen molar-refractivity contribution in [2.45, 2.75) is 25.9 Å². The summed E-state index contributed by atoms with van der Waals surface area (Å²) in [7, 11) is 1.70. The molecule has 2 aromatic heterocycles. The van der Waals surface area contributed by atoms with Gasteiger partial charge in [0.25, 0.3) is 0 Å². The average Bonchev–Trinajstić information content (AvgIpc) is 2.60. The van der Waals surface area contributed by atoms with Gasteiger partial charge in [-0.05, 0) is 44.0 Å². The molecule has 0 fully saturated rings. The van der Waals surface area contributed by atoms with E-state index < -0.39 is 0 Å². The Morgan fingerprint density at radius 3 is 2.79 bits per heavy atom. The number of aromatic hydroxyl groups is 1. The van der Waals surface area contributed by atoms with Crippen molar-refractivity contribution >= 4 is 22.4 Å². The Bertz CT molecular complexity index is 870. The molecule has 3 aromatic rings. The van der Waals surface area contributed by atoms with Crippen molar-refractivity contribution in [1.82, 2.24) is 15.2 Å². The summed E-state index contributed by atoms with van der Waals surface area (Å²) in [4.78, 5) is 4.21. The number of benzene rings is 1. The van der Waals surface area contributed by atoms with Crippen LogP contribution in [0, 0.1) is 0 Å². The zero-order valence-electron chi connectivity index (χ0n) is 13.5. The summed E-state index contributed by atoms with van der Waals surface area (Å²) in [5.74, 6) is 0.0793. The molecular weight excluding hydrogens is 326 g/mol. The minimum atomic E-state index is 0.0793. The van der Waals surface area contributed by atoms with Crippen molar-refractivity contribution in [2.75, 3.05) is 7.11 Å². The van der Waals surface area contributed by atoms with Gasteiger partial charge in [0.05, 0.1) is 11.8 Å². The number of rotatable bonds is 5. The topological polar surface area (TPSA) is 68.1 Å². The molecule has 1 N–H and O–H groups in total. The van der Waals surface area contributed by atoms with Gasteiger partial charge in [-0.3, -0.25) is 4.98 Å². The molecule has 1 aromatic carbocycles. The van der Waals surface area contributed by atoms with Crippen LogP contribution in [0.15, 0.2) is 36.7 Å². The molecule has 0 saturated carbocycles. The van der Waals surface area contributed by atoms with Crippen LogP contribution in [0.3, 0.4) is 0 Å². The van der Waals surface area contributed by atoms with E-state index in [-0.39, 0.29) is 11.9 Å². The van der Waals surface area contributed by atoms with Gasteiger partial charge in [0, 0.05) is 40.9 Å². The summed E-state index contributed by atoms with van der Waals surface area (Å²) in [6.07, 6.45) is 5.24. The van der Waals surface area contributed by atoms with Gasteiger partial charge in [0.2, 0.25) is 0 Å². The molecule has 0 aliphatic carbocycles. The fourth-order valence-corrected chi connectivity index (χ4v) is 2.76. The van der Waals surface area contributed by atoms with E-state index in [0.717, 1.165) is 29.3 Å². The van der Waals surface area contributed by atoms with Gasteiger partial charge >= 0.3 is 0 Å². The number of aromatic nitrogens is 3. The maximum Gasteiger partial charge on any atom is 0.126 e. The zero-order valence-corrected chi connectivity index (χ0v) is 14.3. The van der Waals surface area contributed by atoms with Gasteiger partial charge in [-0.25, -0.2) is 0 Å². The predicted molar refractivity (Wildman–Crippen MR) is 94.2 cm³/mol. The summed E-state index contributed by atoms with van der Waals surface area (Å²) < 4.78 is 5.29. The third-order valence-electron chi connectivity index (χ3n) is 4.06. The number of phenols is 1. The largest absolute Gasteiger partial charge is 0.507 e. The molecule has 1 atom stereocenters. The molecule has 0 saturated heterocycles. The quantitative estimate of drug-likeness (QED) is 0.757. The SMILES string of the molecule is CO[C@@H](C)CCc1nnc(-c2ccc(Cl)cc2O)c2ccncc12. The van der Waals surface area contributed by atoms with E-state index >= 15 is 0 Å². The lowest BCUT2D eigenvalue weighted by Crippen LogP contribution is -2.08. The van der Waals surface area contributed by atoms with Crippen LogP contribution in [0.5, 0.6) is 5.75 Å². The Kier molecular flexibility index (Phi) is 4.92. The van der Waals surface area contributed by atoms with Crippen molar-refractivity contribution in [2.24, 2.45) is 0 Å². The van der Waals surface area contributed by atoms with Crippen LogP contribution in [0.4, 0.5) is 0 Å². The second-order valence-electron chi connectivity index (χ2n) is 5.66. The number of hydrogen-bond acceptors (Lipinski definition) is 5. The van der Waals surface area contributed by atoms with Crippen molar-refractivity contribution in [3.05, 3.63) is 47.4 Å². The monoisotopic (exact) mass is 343 g/mol. The zero-order chi connectivity index (χ0) is 17.1. The van der Waals surface area contributed by atoms with Crippen molar-refractivity contribution in [3.8, 4) is 17.0 Å². The Labute approximate surface area is 145 Å². The summed E-state index contributed by atoms with van der Waals surface area (Å²) in [5, 5.41) is 21.2. The number of nitrogens with zero attached hydrogens (tertiary/aromatic N) is 3. The molecule has 0 bridgehead atoms. The third kappa shape index (κ3) is 3.32. The van der Waals surface area contributed by atoms with E-state index in [1.165, 1.54) is 6.07 Å². The molecule has 0 aliphatic rings. The van der Waals surface area contributed by atoms with Crippen LogP contribution in [0.2, 0.25) is 5.02 Å².